The van der Waals surface area contributed by atoms with Crippen molar-refractivity contribution < 1.29 is 95.5 Å². The smallest absolute Gasteiger partial charge is 0.392 e. The SMILES string of the molecule is CCCCC[C@H](O)/C=C/[C@H]1[C@H](O)CC(=O)[C@@H]1C/C=C\CCCC(=O)SCCNC(=O)CCNC(=O)C(O)C(C)(C)COP(=O)(O)OP(=O)(O)OCC1OC(n2cnc3c(N)ncnc32)C(O)C1OP(=O)(O)O. The number of imidazole rings is 1. The molecule has 31 heteroatoms. The summed E-state index contributed by atoms with van der Waals surface area (Å²) in [7, 11) is -16.5. The first-order chi connectivity index (χ1) is 33.7. The van der Waals surface area contributed by atoms with E-state index in [9.17, 15) is 72.9 Å². The van der Waals surface area contributed by atoms with Crippen LogP contribution in [0.4, 0.5) is 5.82 Å². The number of ketones is 1. The van der Waals surface area contributed by atoms with Crippen LogP contribution >= 0.6 is 35.2 Å². The molecule has 2 aliphatic rings. The molecule has 1 aliphatic carbocycles. The van der Waals surface area contributed by atoms with Crippen LogP contribution in [-0.4, -0.2) is 151 Å². The number of phosphoric acid groups is 3. The Bertz CT molecular complexity index is 2350. The number of fused-ring (bicyclic) bond motifs is 1. The van der Waals surface area contributed by atoms with Crippen LogP contribution in [0.5, 0.6) is 0 Å². The van der Waals surface area contributed by atoms with E-state index in [2.05, 4.69) is 41.3 Å². The van der Waals surface area contributed by atoms with Crippen molar-refractivity contribution in [2.24, 2.45) is 17.3 Å². The number of carbonyl (C=O) groups is 4. The molecule has 1 saturated carbocycles. The van der Waals surface area contributed by atoms with Crippen LogP contribution in [0.1, 0.15) is 91.2 Å². The third-order valence-electron chi connectivity index (χ3n) is 11.5. The zero-order chi connectivity index (χ0) is 53.4. The standard InChI is InChI=1S/C41H66N7O20P3S/c1-4-5-8-11-25(49)14-15-27-26(28(50)20-29(27)51)12-9-6-7-10-13-32(53)72-19-18-43-31(52)16-17-44-39(56)36(55)41(2,3)22-65-71(62,63)68-70(60,61)64-21-30-35(67-69(57,58)59)34(54)40(66-30)48-24-47-33-37(42)45-23-46-38(33)48/h6,9,14-15,23-27,29-30,34-36,40,49,51,54-55H,4-5,7-8,10-13,16-22H2,1-3H3,(H,43,52)(H,44,56)(H,60,61)(H,62,63)(H2,42,45,46)(H2,57,58,59)/b9-6-,15-14+/t25-,26+,27+,29+,30?,34?,35?,36?,40?/m0/s1. The predicted octanol–water partition coefficient (Wildman–Crippen LogP) is 1.84. The van der Waals surface area contributed by atoms with Crippen molar-refractivity contribution in [3.8, 4) is 0 Å². The summed E-state index contributed by atoms with van der Waals surface area (Å²) in [6, 6.07) is 0. The summed E-state index contributed by atoms with van der Waals surface area (Å²) in [5, 5.41) is 47.1. The van der Waals surface area contributed by atoms with Crippen LogP contribution in [0, 0.1) is 17.3 Å². The Morgan fingerprint density at radius 3 is 2.43 bits per heavy atom. The van der Waals surface area contributed by atoms with Crippen LogP contribution in [-0.2, 0) is 55.5 Å². The molecule has 27 nitrogen and oxygen atoms in total. The van der Waals surface area contributed by atoms with E-state index in [0.717, 1.165) is 48.2 Å². The number of aromatic nitrogens is 4. The number of carbonyl (C=O) groups excluding carboxylic acids is 4. The van der Waals surface area contributed by atoms with Gasteiger partial charge >= 0.3 is 23.5 Å². The molecular weight excluding hydrogens is 1040 g/mol. The molecule has 2 aromatic rings. The lowest BCUT2D eigenvalue weighted by Crippen LogP contribution is -2.46. The normalized spacial score (nSPS) is 24.4. The number of hydrogen-bond acceptors (Lipinski definition) is 21. The summed E-state index contributed by atoms with van der Waals surface area (Å²) in [5.41, 5.74) is 4.23. The van der Waals surface area contributed by atoms with Crippen molar-refractivity contribution in [2.45, 2.75) is 128 Å². The Balaban J connectivity index is 1.11. The van der Waals surface area contributed by atoms with E-state index >= 15 is 0 Å². The van der Waals surface area contributed by atoms with E-state index in [-0.39, 0.29) is 77.8 Å². The summed E-state index contributed by atoms with van der Waals surface area (Å²) in [5.74, 6) is -1.99. The van der Waals surface area contributed by atoms with Gasteiger partial charge in [0, 0.05) is 55.4 Å². The molecule has 2 fully saturated rings. The second-order valence-corrected chi connectivity index (χ2v) is 23.1. The lowest BCUT2D eigenvalue weighted by atomic mass is 9.87. The fraction of sp³-hybridized carbons (Fsp3) is 0.683. The number of aliphatic hydroxyl groups is 4. The highest BCUT2D eigenvalue weighted by molar-refractivity contribution is 8.13. The monoisotopic (exact) mass is 1100 g/mol. The maximum atomic E-state index is 12.8. The largest absolute Gasteiger partial charge is 0.481 e. The molecule has 1 aliphatic heterocycles. The molecule has 406 valence electrons. The number of nitrogen functional groups attached to an aromatic ring is 1. The summed E-state index contributed by atoms with van der Waals surface area (Å²) < 4.78 is 62.4. The molecule has 2 aromatic heterocycles. The van der Waals surface area contributed by atoms with E-state index in [4.69, 9.17) is 19.5 Å². The van der Waals surface area contributed by atoms with Crippen LogP contribution in [0.25, 0.3) is 11.2 Å². The van der Waals surface area contributed by atoms with E-state index in [1.807, 2.05) is 12.2 Å². The zero-order valence-electron chi connectivity index (χ0n) is 39.9. The first-order valence-electron chi connectivity index (χ1n) is 23.0. The number of nitrogens with two attached hydrogens (primary N) is 1. The van der Waals surface area contributed by atoms with Gasteiger partial charge in [-0.2, -0.15) is 4.31 Å². The number of nitrogens with one attached hydrogen (secondary N) is 2. The number of nitrogens with zero attached hydrogens (tertiary/aromatic N) is 4. The van der Waals surface area contributed by atoms with Crippen LogP contribution < -0.4 is 16.4 Å². The van der Waals surface area contributed by atoms with Gasteiger partial charge in [-0.15, -0.1) is 0 Å². The van der Waals surface area contributed by atoms with Gasteiger partial charge < -0.3 is 61.1 Å². The van der Waals surface area contributed by atoms with Crippen molar-refractivity contribution in [3.05, 3.63) is 37.0 Å². The Hall–Kier alpha value is -3.37. The molecule has 11 atom stereocenters. The van der Waals surface area contributed by atoms with Crippen molar-refractivity contribution >= 4 is 74.9 Å². The minimum absolute atomic E-state index is 0.0207. The first kappa shape index (κ1) is 61.2. The number of ether oxygens (including phenoxy) is 1. The van der Waals surface area contributed by atoms with Gasteiger partial charge in [-0.1, -0.05) is 76.1 Å². The number of phosphoric ester groups is 3. The quantitative estimate of drug-likeness (QED) is 0.0291. The highest BCUT2D eigenvalue weighted by atomic mass is 32.2. The average Bonchev–Trinajstić information content (AvgIpc) is 3.94. The lowest BCUT2D eigenvalue weighted by Gasteiger charge is -2.30. The number of thioether (sulfide) groups is 1. The molecule has 0 aromatic carbocycles. The van der Waals surface area contributed by atoms with Gasteiger partial charge in [0.05, 0.1) is 31.7 Å². The second-order valence-electron chi connectivity index (χ2n) is 17.8. The fourth-order valence-electron chi connectivity index (χ4n) is 7.58. The Morgan fingerprint density at radius 1 is 1.00 bits per heavy atom. The van der Waals surface area contributed by atoms with Gasteiger partial charge in [0.15, 0.2) is 22.8 Å². The lowest BCUT2D eigenvalue weighted by molar-refractivity contribution is -0.137. The third-order valence-corrected chi connectivity index (χ3v) is 15.5. The third kappa shape index (κ3) is 19.4. The first-order valence-corrected chi connectivity index (χ1v) is 28.5. The number of rotatable bonds is 31. The van der Waals surface area contributed by atoms with Crippen molar-refractivity contribution in [1.82, 2.24) is 30.2 Å². The Labute approximate surface area is 419 Å². The molecule has 0 radical (unpaired) electrons. The molecule has 3 heterocycles. The summed E-state index contributed by atoms with van der Waals surface area (Å²) in [6.07, 6.45) is 4.33. The van der Waals surface area contributed by atoms with Crippen molar-refractivity contribution in [3.63, 3.8) is 0 Å². The fourth-order valence-corrected chi connectivity index (χ4v) is 11.1. The van der Waals surface area contributed by atoms with Gasteiger partial charge in [0.25, 0.3) is 0 Å². The number of anilines is 1. The van der Waals surface area contributed by atoms with Crippen molar-refractivity contribution in [2.75, 3.05) is 37.8 Å². The summed E-state index contributed by atoms with van der Waals surface area (Å²) >= 11 is 1.04. The molecule has 0 bridgehead atoms. The second kappa shape index (κ2) is 28.0. The number of amides is 2. The number of allylic oxidation sites excluding steroid dienone is 2. The van der Waals surface area contributed by atoms with E-state index in [1.54, 1.807) is 12.2 Å². The molecule has 72 heavy (non-hydrogen) atoms. The van der Waals surface area contributed by atoms with Gasteiger partial charge in [-0.3, -0.25) is 37.3 Å². The topological polar surface area (TPSA) is 421 Å². The molecular formula is C41H66N7O20P3S. The summed E-state index contributed by atoms with van der Waals surface area (Å²) in [4.78, 5) is 101. The van der Waals surface area contributed by atoms with Crippen LogP contribution in [0.2, 0.25) is 0 Å². The number of hydrogen-bond donors (Lipinski definition) is 11. The minimum atomic E-state index is -5.60. The summed E-state index contributed by atoms with van der Waals surface area (Å²) in [6.45, 7) is 2.42. The Kier molecular flexibility index (Phi) is 23.8. The minimum Gasteiger partial charge on any atom is -0.392 e. The maximum absolute atomic E-state index is 12.8. The number of unbranched alkanes of at least 4 members (excludes halogenated alkanes) is 3. The maximum Gasteiger partial charge on any atom is 0.481 e. The van der Waals surface area contributed by atoms with E-state index < -0.39 is 96.8 Å². The Morgan fingerprint density at radius 2 is 1.72 bits per heavy atom. The zero-order valence-corrected chi connectivity index (χ0v) is 43.4. The van der Waals surface area contributed by atoms with Gasteiger partial charge in [0.2, 0.25) is 11.8 Å². The average molecular weight is 1100 g/mol. The highest BCUT2D eigenvalue weighted by Crippen LogP contribution is 2.61. The van der Waals surface area contributed by atoms with E-state index in [0.29, 0.717) is 25.7 Å². The molecule has 0 spiro atoms. The molecule has 1 saturated heterocycles. The number of Topliss-reactive ketones (excluding diaryl/α,β-unsaturated/α-hetero) is 1. The van der Waals surface area contributed by atoms with Crippen molar-refractivity contribution in [1.29, 1.82) is 0 Å². The highest BCUT2D eigenvalue weighted by Gasteiger charge is 2.50. The van der Waals surface area contributed by atoms with E-state index in [1.165, 1.54) is 13.8 Å². The molecule has 2 amide bonds. The van der Waals surface area contributed by atoms with Crippen LogP contribution in [0.3, 0.4) is 0 Å². The van der Waals surface area contributed by atoms with Gasteiger partial charge in [0.1, 0.15) is 42.0 Å². The van der Waals surface area contributed by atoms with Crippen LogP contribution in [0.15, 0.2) is 37.0 Å². The number of aliphatic hydroxyl groups excluding tert-OH is 4. The molecule has 4 rings (SSSR count). The molecule has 7 unspecified atom stereocenters. The predicted molar refractivity (Wildman–Crippen MR) is 257 cm³/mol. The van der Waals surface area contributed by atoms with Gasteiger partial charge in [-0.25, -0.2) is 28.6 Å². The van der Waals surface area contributed by atoms with Gasteiger partial charge in [-0.05, 0) is 25.7 Å². The molecule has 12 N–H and O–H groups in total.